The third-order valence-electron chi connectivity index (χ3n) is 1.39. The maximum Gasteiger partial charge on any atom is 0.181 e. The lowest BCUT2D eigenvalue weighted by molar-refractivity contribution is 0.511. The second-order valence-electron chi connectivity index (χ2n) is 2.27. The van der Waals surface area contributed by atoms with Gasteiger partial charge in [-0.05, 0) is 12.1 Å². The molecule has 0 saturated carbocycles. The first-order valence-electron chi connectivity index (χ1n) is 3.54. The molecular weight excluding hydrogens is 160 g/mol. The Morgan fingerprint density at radius 1 is 1.42 bits per heavy atom. The fourth-order valence-electron chi connectivity index (χ4n) is 0.822. The molecule has 3 heteroatoms. The third-order valence-corrected chi connectivity index (χ3v) is 1.39. The molecule has 1 aromatic carbocycles. The standard InChI is InChI=1S/C9H9F2N/c1-2-6-12-8-5-3-4-7(10)9(8)11/h2-5,12H,1,6H2. The van der Waals surface area contributed by atoms with Gasteiger partial charge in [0.2, 0.25) is 0 Å². The molecule has 0 spiro atoms. The van der Waals surface area contributed by atoms with Crippen LogP contribution in [0, 0.1) is 11.6 Å². The van der Waals surface area contributed by atoms with Crippen LogP contribution in [0.4, 0.5) is 14.5 Å². The monoisotopic (exact) mass is 169 g/mol. The minimum Gasteiger partial charge on any atom is -0.379 e. The van der Waals surface area contributed by atoms with E-state index >= 15 is 0 Å². The second-order valence-corrected chi connectivity index (χ2v) is 2.27. The van der Waals surface area contributed by atoms with E-state index in [1.54, 1.807) is 6.08 Å². The molecule has 0 unspecified atom stereocenters. The lowest BCUT2D eigenvalue weighted by Gasteiger charge is -2.04. The summed E-state index contributed by atoms with van der Waals surface area (Å²) in [6, 6.07) is 4.00. The molecule has 0 aliphatic rings. The summed E-state index contributed by atoms with van der Waals surface area (Å²) in [5.41, 5.74) is 0.162. The van der Waals surface area contributed by atoms with Crippen LogP contribution in [-0.2, 0) is 0 Å². The molecule has 0 aromatic heterocycles. The first-order chi connectivity index (χ1) is 5.75. The summed E-state index contributed by atoms with van der Waals surface area (Å²) in [6.07, 6.45) is 1.57. The number of halogens is 2. The highest BCUT2D eigenvalue weighted by molar-refractivity contribution is 5.45. The Balaban J connectivity index is 2.84. The maximum atomic E-state index is 12.9. The van der Waals surface area contributed by atoms with Gasteiger partial charge in [0.25, 0.3) is 0 Å². The molecule has 64 valence electrons. The number of anilines is 1. The predicted molar refractivity (Wildman–Crippen MR) is 45.0 cm³/mol. The van der Waals surface area contributed by atoms with Gasteiger partial charge in [0.1, 0.15) is 0 Å². The molecule has 1 N–H and O–H groups in total. The van der Waals surface area contributed by atoms with Crippen molar-refractivity contribution in [2.45, 2.75) is 0 Å². The first kappa shape index (κ1) is 8.71. The Morgan fingerprint density at radius 3 is 2.83 bits per heavy atom. The lowest BCUT2D eigenvalue weighted by atomic mass is 10.3. The van der Waals surface area contributed by atoms with Crippen LogP contribution in [0.5, 0.6) is 0 Å². The molecular formula is C9H9F2N. The van der Waals surface area contributed by atoms with Crippen LogP contribution >= 0.6 is 0 Å². The van der Waals surface area contributed by atoms with E-state index in [2.05, 4.69) is 11.9 Å². The normalized spacial score (nSPS) is 9.50. The zero-order valence-corrected chi connectivity index (χ0v) is 6.48. The van der Waals surface area contributed by atoms with E-state index in [1.165, 1.54) is 12.1 Å². The SMILES string of the molecule is C=CCNc1cccc(F)c1F. The van der Waals surface area contributed by atoms with Gasteiger partial charge in [-0.15, -0.1) is 6.58 Å². The van der Waals surface area contributed by atoms with Crippen LogP contribution < -0.4 is 5.32 Å². The zero-order chi connectivity index (χ0) is 8.97. The van der Waals surface area contributed by atoms with E-state index in [-0.39, 0.29) is 5.69 Å². The Kier molecular flexibility index (Phi) is 2.80. The van der Waals surface area contributed by atoms with Crippen molar-refractivity contribution in [3.8, 4) is 0 Å². The molecule has 0 saturated heterocycles. The molecule has 0 radical (unpaired) electrons. The predicted octanol–water partition coefficient (Wildman–Crippen LogP) is 2.56. The average Bonchev–Trinajstić information content (AvgIpc) is 2.08. The summed E-state index contributed by atoms with van der Waals surface area (Å²) < 4.78 is 25.4. The quantitative estimate of drug-likeness (QED) is 0.685. The van der Waals surface area contributed by atoms with Gasteiger partial charge in [-0.2, -0.15) is 0 Å². The number of benzene rings is 1. The zero-order valence-electron chi connectivity index (χ0n) is 6.48. The molecule has 0 bridgehead atoms. The van der Waals surface area contributed by atoms with Crippen LogP contribution in [-0.4, -0.2) is 6.54 Å². The van der Waals surface area contributed by atoms with E-state index in [9.17, 15) is 8.78 Å². The van der Waals surface area contributed by atoms with Crippen LogP contribution in [0.2, 0.25) is 0 Å². The molecule has 0 fully saturated rings. The molecule has 0 heterocycles. The minimum atomic E-state index is -0.848. The Labute approximate surface area is 69.7 Å². The first-order valence-corrected chi connectivity index (χ1v) is 3.54. The van der Waals surface area contributed by atoms with Crippen LogP contribution in [0.15, 0.2) is 30.9 Å². The average molecular weight is 169 g/mol. The van der Waals surface area contributed by atoms with Crippen LogP contribution in [0.3, 0.4) is 0 Å². The fourth-order valence-corrected chi connectivity index (χ4v) is 0.822. The highest BCUT2D eigenvalue weighted by atomic mass is 19.2. The number of hydrogen-bond acceptors (Lipinski definition) is 1. The van der Waals surface area contributed by atoms with Crippen molar-refractivity contribution in [2.24, 2.45) is 0 Å². The largest absolute Gasteiger partial charge is 0.379 e. The molecule has 12 heavy (non-hydrogen) atoms. The van der Waals surface area contributed by atoms with E-state index < -0.39 is 11.6 Å². The van der Waals surface area contributed by atoms with E-state index in [0.717, 1.165) is 6.07 Å². The maximum absolute atomic E-state index is 12.9. The van der Waals surface area contributed by atoms with Gasteiger partial charge in [-0.25, -0.2) is 8.78 Å². The Bertz CT molecular complexity index is 284. The molecule has 0 amide bonds. The molecule has 0 atom stereocenters. The minimum absolute atomic E-state index is 0.162. The molecule has 1 nitrogen and oxygen atoms in total. The van der Waals surface area contributed by atoms with E-state index in [0.29, 0.717) is 6.54 Å². The van der Waals surface area contributed by atoms with Gasteiger partial charge in [0.15, 0.2) is 11.6 Å². The van der Waals surface area contributed by atoms with E-state index in [1.807, 2.05) is 0 Å². The topological polar surface area (TPSA) is 12.0 Å². The number of hydrogen-bond donors (Lipinski definition) is 1. The molecule has 1 aromatic rings. The van der Waals surface area contributed by atoms with Crippen molar-refractivity contribution >= 4 is 5.69 Å². The number of nitrogens with one attached hydrogen (secondary N) is 1. The molecule has 1 rings (SSSR count). The Morgan fingerprint density at radius 2 is 2.17 bits per heavy atom. The van der Waals surface area contributed by atoms with Gasteiger partial charge in [-0.3, -0.25) is 0 Å². The van der Waals surface area contributed by atoms with Gasteiger partial charge in [0, 0.05) is 6.54 Å². The summed E-state index contributed by atoms with van der Waals surface area (Å²) in [5, 5.41) is 2.67. The molecule has 0 aliphatic carbocycles. The highest BCUT2D eigenvalue weighted by Gasteiger charge is 2.04. The van der Waals surface area contributed by atoms with Crippen LogP contribution in [0.25, 0.3) is 0 Å². The van der Waals surface area contributed by atoms with Gasteiger partial charge in [0.05, 0.1) is 5.69 Å². The van der Waals surface area contributed by atoms with Crippen molar-refractivity contribution < 1.29 is 8.78 Å². The van der Waals surface area contributed by atoms with Gasteiger partial charge in [-0.1, -0.05) is 12.1 Å². The summed E-state index contributed by atoms with van der Waals surface area (Å²) in [7, 11) is 0. The Hall–Kier alpha value is -1.38. The van der Waals surface area contributed by atoms with Gasteiger partial charge >= 0.3 is 0 Å². The summed E-state index contributed by atoms with van der Waals surface area (Å²) in [4.78, 5) is 0. The smallest absolute Gasteiger partial charge is 0.181 e. The van der Waals surface area contributed by atoms with Crippen molar-refractivity contribution in [1.82, 2.24) is 0 Å². The van der Waals surface area contributed by atoms with Crippen LogP contribution in [0.1, 0.15) is 0 Å². The van der Waals surface area contributed by atoms with E-state index in [4.69, 9.17) is 0 Å². The number of rotatable bonds is 3. The summed E-state index contributed by atoms with van der Waals surface area (Å²) in [6.45, 7) is 3.87. The van der Waals surface area contributed by atoms with Crippen molar-refractivity contribution in [3.05, 3.63) is 42.5 Å². The highest BCUT2D eigenvalue weighted by Crippen LogP contribution is 2.15. The van der Waals surface area contributed by atoms with Gasteiger partial charge < -0.3 is 5.32 Å². The summed E-state index contributed by atoms with van der Waals surface area (Å²) in [5.74, 6) is -1.69. The van der Waals surface area contributed by atoms with Crippen molar-refractivity contribution in [3.63, 3.8) is 0 Å². The van der Waals surface area contributed by atoms with Crippen molar-refractivity contribution in [1.29, 1.82) is 0 Å². The molecule has 0 aliphatic heterocycles. The van der Waals surface area contributed by atoms with Crippen molar-refractivity contribution in [2.75, 3.05) is 11.9 Å². The third kappa shape index (κ3) is 1.81. The summed E-state index contributed by atoms with van der Waals surface area (Å²) >= 11 is 0. The lowest BCUT2D eigenvalue weighted by Crippen LogP contribution is -2.01. The second kappa shape index (κ2) is 3.85. The fraction of sp³-hybridized carbons (Fsp3) is 0.111.